The van der Waals surface area contributed by atoms with Crippen molar-refractivity contribution >= 4 is 23.0 Å². The Morgan fingerprint density at radius 2 is 1.94 bits per heavy atom. The van der Waals surface area contributed by atoms with E-state index in [-0.39, 0.29) is 22.0 Å². The number of benzene rings is 2. The zero-order valence-electron chi connectivity index (χ0n) is 9.05. The average Bonchev–Trinajstić information content (AvgIpc) is 2.34. The molecular formula is C13H7ClF2N2. The third-order valence-corrected chi connectivity index (χ3v) is 2.55. The van der Waals surface area contributed by atoms with Crippen LogP contribution in [0.1, 0.15) is 5.56 Å². The van der Waals surface area contributed by atoms with Crippen LogP contribution in [-0.4, -0.2) is 0 Å². The molecule has 2 aromatic carbocycles. The Morgan fingerprint density at radius 1 is 1.17 bits per heavy atom. The van der Waals surface area contributed by atoms with E-state index in [1.165, 1.54) is 24.3 Å². The van der Waals surface area contributed by atoms with Gasteiger partial charge in [-0.3, -0.25) is 0 Å². The first-order valence-electron chi connectivity index (χ1n) is 5.02. The van der Waals surface area contributed by atoms with Gasteiger partial charge in [-0.2, -0.15) is 5.26 Å². The number of anilines is 2. The fraction of sp³-hybridized carbons (Fsp3) is 0. The lowest BCUT2D eigenvalue weighted by molar-refractivity contribution is 0.626. The normalized spacial score (nSPS) is 9.89. The van der Waals surface area contributed by atoms with Crippen LogP contribution in [0.5, 0.6) is 0 Å². The monoisotopic (exact) mass is 264 g/mol. The molecule has 0 heterocycles. The summed E-state index contributed by atoms with van der Waals surface area (Å²) in [5, 5.41) is 11.4. The highest BCUT2D eigenvalue weighted by Gasteiger charge is 2.07. The molecule has 2 aromatic rings. The van der Waals surface area contributed by atoms with Crippen LogP contribution in [0.4, 0.5) is 20.2 Å². The molecule has 2 nitrogen and oxygen atoms in total. The molecule has 0 amide bonds. The van der Waals surface area contributed by atoms with Gasteiger partial charge in [0.1, 0.15) is 5.82 Å². The molecule has 0 spiro atoms. The molecule has 0 aliphatic carbocycles. The third kappa shape index (κ3) is 2.58. The lowest BCUT2D eigenvalue weighted by atomic mass is 10.2. The van der Waals surface area contributed by atoms with Crippen LogP contribution in [0.3, 0.4) is 0 Å². The van der Waals surface area contributed by atoms with E-state index in [1.54, 1.807) is 6.07 Å². The molecule has 18 heavy (non-hydrogen) atoms. The molecule has 0 radical (unpaired) electrons. The van der Waals surface area contributed by atoms with Crippen molar-refractivity contribution in [2.24, 2.45) is 0 Å². The van der Waals surface area contributed by atoms with Crippen LogP contribution in [0, 0.1) is 23.0 Å². The lowest BCUT2D eigenvalue weighted by Gasteiger charge is -2.08. The van der Waals surface area contributed by atoms with Crippen molar-refractivity contribution in [1.29, 1.82) is 5.26 Å². The SMILES string of the molecule is N#Cc1cc(F)cc(Nc2cccc(Cl)c2F)c1. The Hall–Kier alpha value is -2.12. The Labute approximate surface area is 107 Å². The van der Waals surface area contributed by atoms with Crippen molar-refractivity contribution < 1.29 is 8.78 Å². The summed E-state index contributed by atoms with van der Waals surface area (Å²) in [6.45, 7) is 0. The summed E-state index contributed by atoms with van der Waals surface area (Å²) in [5.74, 6) is -1.19. The summed E-state index contributed by atoms with van der Waals surface area (Å²) in [5.41, 5.74) is 0.560. The highest BCUT2D eigenvalue weighted by Crippen LogP contribution is 2.26. The molecule has 0 atom stereocenters. The maximum Gasteiger partial charge on any atom is 0.165 e. The van der Waals surface area contributed by atoms with Crippen molar-refractivity contribution in [2.75, 3.05) is 5.32 Å². The second-order valence-electron chi connectivity index (χ2n) is 3.57. The molecule has 0 saturated heterocycles. The van der Waals surface area contributed by atoms with E-state index in [0.29, 0.717) is 0 Å². The summed E-state index contributed by atoms with van der Waals surface area (Å²) in [6.07, 6.45) is 0. The fourth-order valence-corrected chi connectivity index (χ4v) is 1.66. The van der Waals surface area contributed by atoms with Crippen LogP contribution in [0.2, 0.25) is 5.02 Å². The predicted molar refractivity (Wildman–Crippen MR) is 65.8 cm³/mol. The van der Waals surface area contributed by atoms with E-state index in [0.717, 1.165) is 6.07 Å². The van der Waals surface area contributed by atoms with Crippen molar-refractivity contribution in [3.8, 4) is 6.07 Å². The van der Waals surface area contributed by atoms with Gasteiger partial charge in [0, 0.05) is 5.69 Å². The molecular weight excluding hydrogens is 258 g/mol. The predicted octanol–water partition coefficient (Wildman–Crippen LogP) is 4.23. The molecule has 2 rings (SSSR count). The van der Waals surface area contributed by atoms with E-state index >= 15 is 0 Å². The molecule has 90 valence electrons. The molecule has 0 bridgehead atoms. The van der Waals surface area contributed by atoms with Gasteiger partial charge < -0.3 is 5.32 Å². The number of nitrogens with zero attached hydrogens (tertiary/aromatic N) is 1. The third-order valence-electron chi connectivity index (χ3n) is 2.26. The molecule has 0 aromatic heterocycles. The molecule has 0 aliphatic rings. The summed E-state index contributed by atoms with van der Waals surface area (Å²) in [7, 11) is 0. The van der Waals surface area contributed by atoms with Crippen LogP contribution < -0.4 is 5.32 Å². The van der Waals surface area contributed by atoms with Gasteiger partial charge in [-0.15, -0.1) is 0 Å². The number of hydrogen-bond acceptors (Lipinski definition) is 2. The highest BCUT2D eigenvalue weighted by molar-refractivity contribution is 6.31. The van der Waals surface area contributed by atoms with Crippen molar-refractivity contribution in [2.45, 2.75) is 0 Å². The van der Waals surface area contributed by atoms with Gasteiger partial charge >= 0.3 is 0 Å². The number of nitrogens with one attached hydrogen (secondary N) is 1. The summed E-state index contributed by atoms with van der Waals surface area (Å²) >= 11 is 5.63. The van der Waals surface area contributed by atoms with E-state index in [1.807, 2.05) is 6.07 Å². The van der Waals surface area contributed by atoms with E-state index in [9.17, 15) is 8.78 Å². The van der Waals surface area contributed by atoms with Gasteiger partial charge in [0.05, 0.1) is 22.3 Å². The van der Waals surface area contributed by atoms with Gasteiger partial charge in [-0.25, -0.2) is 8.78 Å². The van der Waals surface area contributed by atoms with Crippen molar-refractivity contribution in [1.82, 2.24) is 0 Å². The Kier molecular flexibility index (Phi) is 3.45. The first-order chi connectivity index (χ1) is 8.60. The topological polar surface area (TPSA) is 35.8 Å². The first-order valence-corrected chi connectivity index (χ1v) is 5.39. The van der Waals surface area contributed by atoms with Crippen LogP contribution in [-0.2, 0) is 0 Å². The Morgan fingerprint density at radius 3 is 2.67 bits per heavy atom. The van der Waals surface area contributed by atoms with Crippen molar-refractivity contribution in [3.63, 3.8) is 0 Å². The van der Waals surface area contributed by atoms with Gasteiger partial charge in [-0.1, -0.05) is 17.7 Å². The molecule has 5 heteroatoms. The van der Waals surface area contributed by atoms with E-state index in [4.69, 9.17) is 16.9 Å². The maximum atomic E-state index is 13.6. The van der Waals surface area contributed by atoms with Crippen molar-refractivity contribution in [3.05, 3.63) is 58.6 Å². The zero-order chi connectivity index (χ0) is 13.1. The van der Waals surface area contributed by atoms with Gasteiger partial charge in [0.2, 0.25) is 0 Å². The standard InChI is InChI=1S/C13H7ClF2N2/c14-11-2-1-3-12(13(11)16)18-10-5-8(7-17)4-9(15)6-10/h1-6,18H. The maximum absolute atomic E-state index is 13.6. The van der Waals surface area contributed by atoms with Gasteiger partial charge in [0.15, 0.2) is 5.82 Å². The minimum atomic E-state index is -0.623. The number of rotatable bonds is 2. The summed E-state index contributed by atoms with van der Waals surface area (Å²) < 4.78 is 26.8. The fourth-order valence-electron chi connectivity index (χ4n) is 1.48. The zero-order valence-corrected chi connectivity index (χ0v) is 9.80. The summed E-state index contributed by atoms with van der Waals surface area (Å²) in [4.78, 5) is 0. The quantitative estimate of drug-likeness (QED) is 0.881. The molecule has 0 unspecified atom stereocenters. The van der Waals surface area contributed by atoms with Crippen LogP contribution >= 0.6 is 11.6 Å². The van der Waals surface area contributed by atoms with Gasteiger partial charge in [-0.05, 0) is 30.3 Å². The molecule has 1 N–H and O–H groups in total. The number of hydrogen-bond donors (Lipinski definition) is 1. The molecule has 0 aliphatic heterocycles. The average molecular weight is 265 g/mol. The Bertz CT molecular complexity index is 635. The summed E-state index contributed by atoms with van der Waals surface area (Å²) in [6, 6.07) is 9.95. The minimum Gasteiger partial charge on any atom is -0.353 e. The smallest absolute Gasteiger partial charge is 0.165 e. The minimum absolute atomic E-state index is 0.0306. The van der Waals surface area contributed by atoms with E-state index < -0.39 is 11.6 Å². The highest BCUT2D eigenvalue weighted by atomic mass is 35.5. The van der Waals surface area contributed by atoms with Gasteiger partial charge in [0.25, 0.3) is 0 Å². The number of halogens is 3. The van der Waals surface area contributed by atoms with E-state index in [2.05, 4.69) is 5.32 Å². The lowest BCUT2D eigenvalue weighted by Crippen LogP contribution is -1.95. The molecule has 0 saturated carbocycles. The first kappa shape index (κ1) is 12.3. The molecule has 0 fully saturated rings. The Balaban J connectivity index is 2.37. The van der Waals surface area contributed by atoms with Crippen LogP contribution in [0.15, 0.2) is 36.4 Å². The van der Waals surface area contributed by atoms with Crippen LogP contribution in [0.25, 0.3) is 0 Å². The second kappa shape index (κ2) is 5.03. The second-order valence-corrected chi connectivity index (χ2v) is 3.97. The number of nitriles is 1. The largest absolute Gasteiger partial charge is 0.353 e.